The summed E-state index contributed by atoms with van der Waals surface area (Å²) in [6.07, 6.45) is 0.602. The fourth-order valence-electron chi connectivity index (χ4n) is 2.60. The molecule has 1 aliphatic rings. The first-order valence-corrected chi connectivity index (χ1v) is 8.68. The van der Waals surface area contributed by atoms with E-state index in [1.165, 1.54) is 7.11 Å². The number of aryl methyl sites for hydroxylation is 1. The number of carbonyl (C=O) groups excluding carboxylic acids is 1. The molecule has 2 rings (SSSR count). The molecule has 1 aromatic rings. The number of rotatable bonds is 6. The minimum Gasteiger partial charge on any atom is -0.394 e. The highest BCUT2D eigenvalue weighted by molar-refractivity contribution is 7.93. The number of ether oxygens (including phenoxy) is 1. The molecular formula is C15H21NO5S. The van der Waals surface area contributed by atoms with Crippen molar-refractivity contribution in [2.75, 3.05) is 20.3 Å². The maximum atomic E-state index is 12.5. The van der Waals surface area contributed by atoms with Gasteiger partial charge in [-0.1, -0.05) is 17.7 Å². The van der Waals surface area contributed by atoms with Crippen LogP contribution in [-0.2, 0) is 25.8 Å². The number of fused-ring (bicyclic) bond motifs is 1. The fraction of sp³-hybridized carbons (Fsp3) is 0.533. The summed E-state index contributed by atoms with van der Waals surface area (Å²) in [6.45, 7) is 2.00. The van der Waals surface area contributed by atoms with E-state index in [2.05, 4.69) is 5.32 Å². The second-order valence-electron chi connectivity index (χ2n) is 5.52. The van der Waals surface area contributed by atoms with Crippen LogP contribution in [0.25, 0.3) is 0 Å². The summed E-state index contributed by atoms with van der Waals surface area (Å²) in [6, 6.07) is 4.58. The van der Waals surface area contributed by atoms with Crippen LogP contribution in [-0.4, -0.2) is 51.0 Å². The molecular weight excluding hydrogens is 306 g/mol. The Kier molecular flexibility index (Phi) is 5.20. The van der Waals surface area contributed by atoms with Gasteiger partial charge in [-0.05, 0) is 31.4 Å². The van der Waals surface area contributed by atoms with Gasteiger partial charge < -0.3 is 15.2 Å². The maximum absolute atomic E-state index is 12.5. The Balaban J connectivity index is 2.15. The molecule has 1 amide bonds. The van der Waals surface area contributed by atoms with E-state index in [9.17, 15) is 18.3 Å². The van der Waals surface area contributed by atoms with E-state index in [0.717, 1.165) is 5.56 Å². The number of aliphatic hydroxyl groups is 1. The molecule has 0 bridgehead atoms. The Bertz CT molecular complexity index is 656. The summed E-state index contributed by atoms with van der Waals surface area (Å²) >= 11 is 0. The molecule has 0 saturated carbocycles. The smallest absolute Gasteiger partial charge is 0.239 e. The van der Waals surface area contributed by atoms with E-state index >= 15 is 0 Å². The first-order valence-electron chi connectivity index (χ1n) is 7.13. The van der Waals surface area contributed by atoms with Crippen molar-refractivity contribution < 1.29 is 23.1 Å². The van der Waals surface area contributed by atoms with Crippen LogP contribution in [0.1, 0.15) is 17.5 Å². The average molecular weight is 327 g/mol. The number of carbonyl (C=O) groups is 1. The number of aliphatic hydroxyl groups excluding tert-OH is 1. The summed E-state index contributed by atoms with van der Waals surface area (Å²) in [5.41, 5.74) is 1.64. The van der Waals surface area contributed by atoms with Crippen LogP contribution in [0.2, 0.25) is 0 Å². The Hall–Kier alpha value is -1.44. The summed E-state index contributed by atoms with van der Waals surface area (Å²) < 4.78 is 29.9. The predicted molar refractivity (Wildman–Crippen MR) is 81.4 cm³/mol. The van der Waals surface area contributed by atoms with Gasteiger partial charge in [0.1, 0.15) is 5.25 Å². The molecule has 6 nitrogen and oxygen atoms in total. The molecule has 0 spiro atoms. The highest BCUT2D eigenvalue weighted by Gasteiger charge is 2.42. The van der Waals surface area contributed by atoms with E-state index < -0.39 is 27.0 Å². The molecule has 2 N–H and O–H groups in total. The maximum Gasteiger partial charge on any atom is 0.239 e. The summed E-state index contributed by atoms with van der Waals surface area (Å²) in [4.78, 5) is 12.5. The van der Waals surface area contributed by atoms with Crippen molar-refractivity contribution in [1.29, 1.82) is 0 Å². The zero-order chi connectivity index (χ0) is 16.3. The Morgan fingerprint density at radius 1 is 1.50 bits per heavy atom. The topological polar surface area (TPSA) is 92.7 Å². The molecule has 0 aliphatic carbocycles. The molecule has 0 fully saturated rings. The van der Waals surface area contributed by atoms with Gasteiger partial charge in [0.25, 0.3) is 0 Å². The van der Waals surface area contributed by atoms with Gasteiger partial charge in [0.15, 0.2) is 9.84 Å². The quantitative estimate of drug-likeness (QED) is 0.779. The summed E-state index contributed by atoms with van der Waals surface area (Å²) in [5, 5.41) is 10.7. The van der Waals surface area contributed by atoms with Crippen molar-refractivity contribution in [3.63, 3.8) is 0 Å². The molecule has 1 aliphatic heterocycles. The van der Waals surface area contributed by atoms with E-state index in [1.807, 2.05) is 6.92 Å². The second-order valence-corrected chi connectivity index (χ2v) is 7.62. The molecule has 0 aromatic heterocycles. The molecule has 122 valence electrons. The van der Waals surface area contributed by atoms with Crippen molar-refractivity contribution in [2.45, 2.75) is 36.0 Å². The average Bonchev–Trinajstić information content (AvgIpc) is 2.74. The number of hydrogen-bond donors (Lipinski definition) is 2. The third kappa shape index (κ3) is 3.31. The lowest BCUT2D eigenvalue weighted by atomic mass is 10.1. The highest BCUT2D eigenvalue weighted by Crippen LogP contribution is 2.32. The molecule has 2 unspecified atom stereocenters. The Morgan fingerprint density at radius 3 is 2.86 bits per heavy atom. The first-order chi connectivity index (χ1) is 10.4. The van der Waals surface area contributed by atoms with Crippen molar-refractivity contribution in [1.82, 2.24) is 5.32 Å². The fourth-order valence-corrected chi connectivity index (χ4v) is 4.43. The highest BCUT2D eigenvalue weighted by atomic mass is 32.2. The molecule has 0 radical (unpaired) electrons. The van der Waals surface area contributed by atoms with Crippen LogP contribution in [0.15, 0.2) is 23.1 Å². The summed E-state index contributed by atoms with van der Waals surface area (Å²) in [5.74, 6) is -0.566. The van der Waals surface area contributed by atoms with Gasteiger partial charge >= 0.3 is 0 Å². The largest absolute Gasteiger partial charge is 0.394 e. The van der Waals surface area contributed by atoms with Gasteiger partial charge in [-0.3, -0.25) is 4.79 Å². The molecule has 1 aromatic carbocycles. The van der Waals surface area contributed by atoms with Crippen LogP contribution in [0.3, 0.4) is 0 Å². The monoisotopic (exact) mass is 327 g/mol. The van der Waals surface area contributed by atoms with E-state index in [-0.39, 0.29) is 17.9 Å². The van der Waals surface area contributed by atoms with Gasteiger partial charge in [0, 0.05) is 13.7 Å². The van der Waals surface area contributed by atoms with Crippen LogP contribution >= 0.6 is 0 Å². The molecule has 0 saturated heterocycles. The first kappa shape index (κ1) is 16.9. The van der Waals surface area contributed by atoms with Crippen molar-refractivity contribution in [2.24, 2.45) is 0 Å². The number of sulfone groups is 1. The van der Waals surface area contributed by atoms with E-state index in [0.29, 0.717) is 18.6 Å². The molecule has 2 atom stereocenters. The van der Waals surface area contributed by atoms with Crippen molar-refractivity contribution >= 4 is 15.7 Å². The minimum atomic E-state index is -3.66. The number of hydrogen-bond acceptors (Lipinski definition) is 5. The summed E-state index contributed by atoms with van der Waals surface area (Å²) in [7, 11) is -2.14. The van der Waals surface area contributed by atoms with Gasteiger partial charge in [-0.2, -0.15) is 0 Å². The third-order valence-electron chi connectivity index (χ3n) is 3.83. The molecule has 7 heteroatoms. The zero-order valence-electron chi connectivity index (χ0n) is 12.7. The van der Waals surface area contributed by atoms with E-state index in [4.69, 9.17) is 4.74 Å². The Morgan fingerprint density at radius 2 is 2.23 bits per heavy atom. The number of methoxy groups -OCH3 is 1. The Labute approximate surface area is 130 Å². The number of benzene rings is 1. The number of amides is 1. The van der Waals surface area contributed by atoms with E-state index in [1.54, 1.807) is 18.2 Å². The molecule has 22 heavy (non-hydrogen) atoms. The second kappa shape index (κ2) is 6.76. The zero-order valence-corrected chi connectivity index (χ0v) is 13.5. The van der Waals surface area contributed by atoms with Gasteiger partial charge in [-0.15, -0.1) is 0 Å². The predicted octanol–water partition coefficient (Wildman–Crippen LogP) is 0.207. The standard InChI is InChI=1S/C15H21NO5S/c1-10-3-4-13-11(7-10)8-14(22(13,19)20)15(18)16-12(9-17)5-6-21-2/h3-4,7,12,14,17H,5-6,8-9H2,1-2H3,(H,16,18). The van der Waals surface area contributed by atoms with Gasteiger partial charge in [-0.25, -0.2) is 8.42 Å². The van der Waals surface area contributed by atoms with Crippen LogP contribution < -0.4 is 5.32 Å². The van der Waals surface area contributed by atoms with Crippen LogP contribution in [0.5, 0.6) is 0 Å². The van der Waals surface area contributed by atoms with Crippen molar-refractivity contribution in [3.05, 3.63) is 29.3 Å². The normalized spacial score (nSPS) is 20.4. The van der Waals surface area contributed by atoms with Gasteiger partial charge in [0.05, 0.1) is 17.5 Å². The lowest BCUT2D eigenvalue weighted by Crippen LogP contribution is -2.45. The lowest BCUT2D eigenvalue weighted by Gasteiger charge is -2.18. The van der Waals surface area contributed by atoms with Gasteiger partial charge in [0.2, 0.25) is 5.91 Å². The minimum absolute atomic E-state index is 0.174. The molecule has 1 heterocycles. The van der Waals surface area contributed by atoms with Crippen LogP contribution in [0.4, 0.5) is 0 Å². The van der Waals surface area contributed by atoms with Crippen LogP contribution in [0, 0.1) is 6.92 Å². The third-order valence-corrected chi connectivity index (χ3v) is 5.97. The lowest BCUT2D eigenvalue weighted by molar-refractivity contribution is -0.121. The number of nitrogens with one attached hydrogen (secondary N) is 1. The van der Waals surface area contributed by atoms with Crippen molar-refractivity contribution in [3.8, 4) is 0 Å². The SMILES string of the molecule is COCCC(CO)NC(=O)C1Cc2cc(C)ccc2S1(=O)=O.